The first-order valence-corrected chi connectivity index (χ1v) is 14.0. The second-order valence-electron chi connectivity index (χ2n) is 8.49. The number of benzene rings is 3. The highest BCUT2D eigenvalue weighted by molar-refractivity contribution is 7.92. The van der Waals surface area contributed by atoms with Crippen LogP contribution in [0.3, 0.4) is 0 Å². The molecule has 0 bridgehead atoms. The van der Waals surface area contributed by atoms with Gasteiger partial charge in [0.05, 0.1) is 41.3 Å². The highest BCUT2D eigenvalue weighted by Crippen LogP contribution is 2.34. The van der Waals surface area contributed by atoms with Crippen LogP contribution in [-0.2, 0) is 16.6 Å². The van der Waals surface area contributed by atoms with Gasteiger partial charge in [-0.15, -0.1) is 0 Å². The van der Waals surface area contributed by atoms with E-state index >= 15 is 0 Å². The Balaban J connectivity index is 1.44. The fourth-order valence-electron chi connectivity index (χ4n) is 4.21. The minimum absolute atomic E-state index is 0.0564. The van der Waals surface area contributed by atoms with Crippen LogP contribution in [-0.4, -0.2) is 58.8 Å². The number of rotatable bonds is 7. The normalized spacial score (nSPS) is 14.0. The summed E-state index contributed by atoms with van der Waals surface area (Å²) in [7, 11) is -1.98. The van der Waals surface area contributed by atoms with Gasteiger partial charge in [-0.2, -0.15) is 0 Å². The van der Waals surface area contributed by atoms with Crippen LogP contribution in [0.2, 0.25) is 10.0 Å². The summed E-state index contributed by atoms with van der Waals surface area (Å²) in [6, 6.07) is 19.7. The van der Waals surface area contributed by atoms with Crippen molar-refractivity contribution in [3.8, 4) is 5.75 Å². The molecule has 1 amide bonds. The molecular formula is C26H27Cl2N3O4S. The topological polar surface area (TPSA) is 70.2 Å². The SMILES string of the molecule is COc1ccccc1N1CCN(C(=O)c2ccc(CN(c3cccc(Cl)c3Cl)S(C)(=O)=O)cc2)CC1. The Kier molecular flexibility index (Phi) is 7.97. The van der Waals surface area contributed by atoms with Gasteiger partial charge in [0.15, 0.2) is 0 Å². The number of carbonyl (C=O) groups is 1. The average Bonchev–Trinajstić information content (AvgIpc) is 2.88. The molecule has 36 heavy (non-hydrogen) atoms. The molecule has 1 saturated heterocycles. The summed E-state index contributed by atoms with van der Waals surface area (Å²) in [6.45, 7) is 2.65. The number of amides is 1. The molecule has 0 radical (unpaired) electrons. The first-order valence-electron chi connectivity index (χ1n) is 11.4. The number of hydrogen-bond donors (Lipinski definition) is 0. The lowest BCUT2D eigenvalue weighted by molar-refractivity contribution is 0.0746. The molecule has 3 aromatic carbocycles. The molecule has 0 saturated carbocycles. The number of nitrogens with zero attached hydrogens (tertiary/aromatic N) is 3. The van der Waals surface area contributed by atoms with E-state index < -0.39 is 10.0 Å². The van der Waals surface area contributed by atoms with Crippen molar-refractivity contribution >= 4 is 50.5 Å². The zero-order chi connectivity index (χ0) is 25.9. The van der Waals surface area contributed by atoms with Crippen molar-refractivity contribution in [3.05, 3.63) is 87.9 Å². The third kappa shape index (κ3) is 5.72. The molecule has 4 rings (SSSR count). The first-order chi connectivity index (χ1) is 17.2. The molecule has 0 aromatic heterocycles. The third-order valence-corrected chi connectivity index (χ3v) is 8.06. The maximum atomic E-state index is 13.1. The summed E-state index contributed by atoms with van der Waals surface area (Å²) in [5, 5.41) is 0.443. The van der Waals surface area contributed by atoms with Crippen LogP contribution >= 0.6 is 23.2 Å². The number of hydrogen-bond acceptors (Lipinski definition) is 5. The molecule has 3 aromatic rings. The predicted octanol–water partition coefficient (Wildman–Crippen LogP) is 4.93. The van der Waals surface area contributed by atoms with Crippen molar-refractivity contribution in [2.75, 3.05) is 48.7 Å². The molecule has 190 valence electrons. The lowest BCUT2D eigenvalue weighted by Gasteiger charge is -2.36. The summed E-state index contributed by atoms with van der Waals surface area (Å²) in [5.41, 5.74) is 2.59. The number of piperazine rings is 1. The number of halogens is 2. The Bertz CT molecular complexity index is 1340. The summed E-state index contributed by atoms with van der Waals surface area (Å²) in [5.74, 6) is 0.758. The van der Waals surface area contributed by atoms with Gasteiger partial charge >= 0.3 is 0 Å². The number of methoxy groups -OCH3 is 1. The standard InChI is InChI=1S/C26H27Cl2N3O4S/c1-35-24-9-4-3-7-22(24)29-14-16-30(17-15-29)26(32)20-12-10-19(11-13-20)18-31(36(2,33)34)23-8-5-6-21(27)25(23)28/h3-13H,14-18H2,1-2H3. The van der Waals surface area contributed by atoms with Crippen molar-refractivity contribution in [1.29, 1.82) is 0 Å². The van der Waals surface area contributed by atoms with Gasteiger partial charge in [-0.05, 0) is 42.0 Å². The summed E-state index contributed by atoms with van der Waals surface area (Å²) < 4.78 is 31.7. The Morgan fingerprint density at radius 2 is 1.61 bits per heavy atom. The van der Waals surface area contributed by atoms with Crippen LogP contribution in [0.1, 0.15) is 15.9 Å². The molecule has 1 aliphatic rings. The molecule has 1 fully saturated rings. The second-order valence-corrected chi connectivity index (χ2v) is 11.2. The van der Waals surface area contributed by atoms with E-state index in [1.54, 1.807) is 49.6 Å². The fourth-order valence-corrected chi connectivity index (χ4v) is 5.55. The minimum Gasteiger partial charge on any atom is -0.495 e. The minimum atomic E-state index is -3.63. The van der Waals surface area contributed by atoms with Gasteiger partial charge in [0.2, 0.25) is 10.0 Å². The van der Waals surface area contributed by atoms with Gasteiger partial charge < -0.3 is 14.5 Å². The number of anilines is 2. The van der Waals surface area contributed by atoms with Crippen molar-refractivity contribution < 1.29 is 17.9 Å². The molecule has 7 nitrogen and oxygen atoms in total. The zero-order valence-corrected chi connectivity index (χ0v) is 22.4. The molecule has 0 aliphatic carbocycles. The Labute approximate surface area is 221 Å². The highest BCUT2D eigenvalue weighted by Gasteiger charge is 2.25. The molecule has 1 heterocycles. The van der Waals surface area contributed by atoms with Gasteiger partial charge in [-0.25, -0.2) is 8.42 Å². The number of ether oxygens (including phenoxy) is 1. The van der Waals surface area contributed by atoms with Crippen LogP contribution in [0, 0.1) is 0 Å². The largest absolute Gasteiger partial charge is 0.495 e. The summed E-state index contributed by atoms with van der Waals surface area (Å²) in [4.78, 5) is 17.2. The van der Waals surface area contributed by atoms with Crippen molar-refractivity contribution in [3.63, 3.8) is 0 Å². The van der Waals surface area contributed by atoms with Gasteiger partial charge in [0.1, 0.15) is 5.75 Å². The maximum absolute atomic E-state index is 13.1. The average molecular weight is 548 g/mol. The highest BCUT2D eigenvalue weighted by atomic mass is 35.5. The Morgan fingerprint density at radius 3 is 2.25 bits per heavy atom. The summed E-state index contributed by atoms with van der Waals surface area (Å²) in [6.07, 6.45) is 1.12. The molecule has 0 N–H and O–H groups in total. The summed E-state index contributed by atoms with van der Waals surface area (Å²) >= 11 is 12.4. The van der Waals surface area contributed by atoms with Crippen LogP contribution in [0.5, 0.6) is 5.75 Å². The molecule has 0 unspecified atom stereocenters. The Hall–Kier alpha value is -2.94. The van der Waals surface area contributed by atoms with E-state index in [9.17, 15) is 13.2 Å². The van der Waals surface area contributed by atoms with Crippen LogP contribution in [0.15, 0.2) is 66.7 Å². The van der Waals surface area contributed by atoms with Gasteiger partial charge in [-0.1, -0.05) is 53.5 Å². The number of para-hydroxylation sites is 2. The lowest BCUT2D eigenvalue weighted by Crippen LogP contribution is -2.48. The molecule has 1 aliphatic heterocycles. The molecule has 10 heteroatoms. The van der Waals surface area contributed by atoms with E-state index in [2.05, 4.69) is 4.90 Å². The van der Waals surface area contributed by atoms with E-state index in [0.717, 1.165) is 17.7 Å². The monoisotopic (exact) mass is 547 g/mol. The smallest absolute Gasteiger partial charge is 0.253 e. The Morgan fingerprint density at radius 1 is 0.944 bits per heavy atom. The maximum Gasteiger partial charge on any atom is 0.253 e. The van der Waals surface area contributed by atoms with Crippen LogP contribution in [0.25, 0.3) is 0 Å². The van der Waals surface area contributed by atoms with Crippen LogP contribution < -0.4 is 13.9 Å². The quantitative estimate of drug-likeness (QED) is 0.419. The number of sulfonamides is 1. The van der Waals surface area contributed by atoms with Gasteiger partial charge in [-0.3, -0.25) is 9.10 Å². The molecular weight excluding hydrogens is 521 g/mol. The first kappa shape index (κ1) is 26.1. The number of carbonyl (C=O) groups excluding carboxylic acids is 1. The predicted molar refractivity (Wildman–Crippen MR) is 145 cm³/mol. The van der Waals surface area contributed by atoms with E-state index in [0.29, 0.717) is 43.0 Å². The van der Waals surface area contributed by atoms with E-state index in [-0.39, 0.29) is 22.5 Å². The van der Waals surface area contributed by atoms with Gasteiger partial charge in [0.25, 0.3) is 5.91 Å². The van der Waals surface area contributed by atoms with Crippen LogP contribution in [0.4, 0.5) is 11.4 Å². The van der Waals surface area contributed by atoms with Gasteiger partial charge in [0, 0.05) is 31.7 Å². The van der Waals surface area contributed by atoms with Crippen molar-refractivity contribution in [1.82, 2.24) is 4.90 Å². The van der Waals surface area contributed by atoms with E-state index in [1.165, 1.54) is 4.31 Å². The third-order valence-electron chi connectivity index (χ3n) is 6.12. The zero-order valence-electron chi connectivity index (χ0n) is 20.0. The van der Waals surface area contributed by atoms with E-state index in [4.69, 9.17) is 27.9 Å². The lowest BCUT2D eigenvalue weighted by atomic mass is 10.1. The molecule has 0 atom stereocenters. The molecule has 0 spiro atoms. The van der Waals surface area contributed by atoms with E-state index in [1.807, 2.05) is 29.2 Å². The van der Waals surface area contributed by atoms with Crippen molar-refractivity contribution in [2.24, 2.45) is 0 Å². The fraction of sp³-hybridized carbons (Fsp3) is 0.269. The van der Waals surface area contributed by atoms with Crippen molar-refractivity contribution in [2.45, 2.75) is 6.54 Å². The second kappa shape index (κ2) is 11.0.